The first kappa shape index (κ1) is 16.5. The lowest BCUT2D eigenvalue weighted by atomic mass is 10.1. The van der Waals surface area contributed by atoms with Gasteiger partial charge >= 0.3 is 5.97 Å². The van der Waals surface area contributed by atoms with Crippen molar-refractivity contribution in [1.29, 1.82) is 0 Å². The van der Waals surface area contributed by atoms with Gasteiger partial charge in [-0.25, -0.2) is 4.39 Å². The highest BCUT2D eigenvalue weighted by Crippen LogP contribution is 2.27. The molecule has 0 radical (unpaired) electrons. The summed E-state index contributed by atoms with van der Waals surface area (Å²) in [7, 11) is 0. The van der Waals surface area contributed by atoms with Crippen LogP contribution in [-0.4, -0.2) is 33.5 Å². The molecule has 0 spiro atoms. The smallest absolute Gasteiger partial charge is 0.321 e. The lowest BCUT2D eigenvalue weighted by Crippen LogP contribution is -2.47. The molecule has 1 aromatic carbocycles. The Morgan fingerprint density at radius 3 is 2.70 bits per heavy atom. The first-order valence-electron chi connectivity index (χ1n) is 5.90. The van der Waals surface area contributed by atoms with E-state index in [1.54, 1.807) is 19.9 Å². The Bertz CT molecular complexity index is 508. The summed E-state index contributed by atoms with van der Waals surface area (Å²) >= 11 is 1.14. The molecule has 0 heterocycles. The molecule has 0 bridgehead atoms. The van der Waals surface area contributed by atoms with Crippen molar-refractivity contribution in [3.8, 4) is 0 Å². The number of carbonyl (C=O) groups excluding carboxylic acids is 1. The minimum Gasteiger partial charge on any atom is -0.480 e. The molecule has 1 atom stereocenters. The van der Waals surface area contributed by atoms with Gasteiger partial charge in [0.05, 0.1) is 5.75 Å². The number of thioether (sulfide) groups is 1. The summed E-state index contributed by atoms with van der Waals surface area (Å²) in [6, 6.07) is 4.47. The van der Waals surface area contributed by atoms with Crippen molar-refractivity contribution in [1.82, 2.24) is 0 Å². The van der Waals surface area contributed by atoms with Gasteiger partial charge in [0, 0.05) is 10.4 Å². The van der Waals surface area contributed by atoms with Crippen LogP contribution >= 0.6 is 11.8 Å². The standard InChI is InChI=1S/C13H17FN2O3S/c1-13(2,11(15)12(18)19)20-7-10(17)16-9-5-3-4-8(14)6-9/h3-6,11H,7,15H2,1-2H3,(H,16,17)(H,18,19)/t11-/m1/s1. The van der Waals surface area contributed by atoms with Gasteiger partial charge in [-0.05, 0) is 32.0 Å². The Balaban J connectivity index is 2.53. The molecule has 0 aromatic heterocycles. The van der Waals surface area contributed by atoms with Crippen LogP contribution in [0.1, 0.15) is 13.8 Å². The molecule has 7 heteroatoms. The van der Waals surface area contributed by atoms with Crippen LogP contribution in [0.3, 0.4) is 0 Å². The third kappa shape index (κ3) is 4.82. The zero-order chi connectivity index (χ0) is 15.3. The largest absolute Gasteiger partial charge is 0.480 e. The van der Waals surface area contributed by atoms with E-state index in [2.05, 4.69) is 5.32 Å². The highest BCUT2D eigenvalue weighted by molar-refractivity contribution is 8.01. The van der Waals surface area contributed by atoms with E-state index in [1.165, 1.54) is 18.2 Å². The van der Waals surface area contributed by atoms with Crippen LogP contribution in [0.4, 0.5) is 10.1 Å². The zero-order valence-corrected chi connectivity index (χ0v) is 12.0. The molecular formula is C13H17FN2O3S. The molecular weight excluding hydrogens is 283 g/mol. The SMILES string of the molecule is CC(C)(SCC(=O)Nc1cccc(F)c1)[C@H](N)C(=O)O. The summed E-state index contributed by atoms with van der Waals surface area (Å²) in [4.78, 5) is 22.6. The molecule has 0 unspecified atom stereocenters. The van der Waals surface area contributed by atoms with Crippen molar-refractivity contribution >= 4 is 29.3 Å². The van der Waals surface area contributed by atoms with Gasteiger partial charge in [0.2, 0.25) is 5.91 Å². The summed E-state index contributed by atoms with van der Waals surface area (Å²) in [5.74, 6) is -1.87. The molecule has 0 aliphatic carbocycles. The number of carbonyl (C=O) groups is 2. The molecule has 20 heavy (non-hydrogen) atoms. The Kier molecular flexibility index (Phi) is 5.52. The van der Waals surface area contributed by atoms with Crippen LogP contribution in [-0.2, 0) is 9.59 Å². The lowest BCUT2D eigenvalue weighted by Gasteiger charge is -2.27. The predicted octanol–water partition coefficient (Wildman–Crippen LogP) is 1.69. The van der Waals surface area contributed by atoms with Gasteiger partial charge in [0.15, 0.2) is 0 Å². The van der Waals surface area contributed by atoms with Gasteiger partial charge in [-0.3, -0.25) is 9.59 Å². The van der Waals surface area contributed by atoms with E-state index < -0.39 is 22.6 Å². The van der Waals surface area contributed by atoms with Crippen LogP contribution in [0.25, 0.3) is 0 Å². The first-order valence-corrected chi connectivity index (χ1v) is 6.88. The van der Waals surface area contributed by atoms with Crippen LogP contribution in [0, 0.1) is 5.82 Å². The Morgan fingerprint density at radius 2 is 2.15 bits per heavy atom. The van der Waals surface area contributed by atoms with E-state index in [-0.39, 0.29) is 11.7 Å². The monoisotopic (exact) mass is 300 g/mol. The topological polar surface area (TPSA) is 92.4 Å². The molecule has 0 aliphatic rings. The average molecular weight is 300 g/mol. The van der Waals surface area contributed by atoms with Gasteiger partial charge in [0.25, 0.3) is 0 Å². The number of carboxylic acid groups (broad SMARTS) is 1. The van der Waals surface area contributed by atoms with E-state index in [4.69, 9.17) is 10.8 Å². The van der Waals surface area contributed by atoms with Crippen LogP contribution < -0.4 is 11.1 Å². The second-order valence-corrected chi connectivity index (χ2v) is 6.40. The van der Waals surface area contributed by atoms with Gasteiger partial charge in [-0.2, -0.15) is 0 Å². The number of benzene rings is 1. The van der Waals surface area contributed by atoms with E-state index in [9.17, 15) is 14.0 Å². The second-order valence-electron chi connectivity index (χ2n) is 4.77. The number of hydrogen-bond acceptors (Lipinski definition) is 4. The zero-order valence-electron chi connectivity index (χ0n) is 11.2. The number of rotatable bonds is 6. The maximum atomic E-state index is 12.9. The molecule has 1 aromatic rings. The van der Waals surface area contributed by atoms with Crippen LogP contribution in [0.15, 0.2) is 24.3 Å². The van der Waals surface area contributed by atoms with Gasteiger partial charge in [-0.1, -0.05) is 6.07 Å². The third-order valence-electron chi connectivity index (χ3n) is 2.70. The van der Waals surface area contributed by atoms with E-state index >= 15 is 0 Å². The molecule has 1 amide bonds. The Labute approximate surface area is 120 Å². The van der Waals surface area contributed by atoms with Crippen molar-refractivity contribution in [2.45, 2.75) is 24.6 Å². The lowest BCUT2D eigenvalue weighted by molar-refractivity contribution is -0.139. The molecule has 0 fully saturated rings. The Hall–Kier alpha value is -1.60. The van der Waals surface area contributed by atoms with Crippen molar-refractivity contribution in [3.63, 3.8) is 0 Å². The highest BCUT2D eigenvalue weighted by Gasteiger charge is 2.33. The molecule has 0 aliphatic heterocycles. The summed E-state index contributed by atoms with van der Waals surface area (Å²) in [5.41, 5.74) is 5.91. The summed E-state index contributed by atoms with van der Waals surface area (Å²) in [5, 5.41) is 11.4. The summed E-state index contributed by atoms with van der Waals surface area (Å²) in [6.45, 7) is 3.32. The number of halogens is 1. The molecule has 110 valence electrons. The third-order valence-corrected chi connectivity index (χ3v) is 4.10. The number of aliphatic carboxylic acids is 1. The quantitative estimate of drug-likeness (QED) is 0.743. The van der Waals surface area contributed by atoms with Gasteiger partial charge < -0.3 is 16.2 Å². The maximum absolute atomic E-state index is 12.9. The van der Waals surface area contributed by atoms with E-state index in [0.29, 0.717) is 5.69 Å². The van der Waals surface area contributed by atoms with E-state index in [0.717, 1.165) is 11.8 Å². The minimum atomic E-state index is -1.12. The molecule has 1 rings (SSSR count). The van der Waals surface area contributed by atoms with Crippen molar-refractivity contribution in [2.24, 2.45) is 5.73 Å². The normalized spacial score (nSPS) is 12.8. The fraction of sp³-hybridized carbons (Fsp3) is 0.385. The number of anilines is 1. The highest BCUT2D eigenvalue weighted by atomic mass is 32.2. The minimum absolute atomic E-state index is 0.0322. The molecule has 5 nitrogen and oxygen atoms in total. The van der Waals surface area contributed by atoms with Crippen molar-refractivity contribution in [2.75, 3.05) is 11.1 Å². The first-order chi connectivity index (χ1) is 9.22. The number of nitrogens with two attached hydrogens (primary N) is 1. The van der Waals surface area contributed by atoms with Gasteiger partial charge in [-0.15, -0.1) is 11.8 Å². The summed E-state index contributed by atoms with van der Waals surface area (Å²) in [6.07, 6.45) is 0. The number of amides is 1. The average Bonchev–Trinajstić information content (AvgIpc) is 2.35. The molecule has 0 saturated heterocycles. The summed E-state index contributed by atoms with van der Waals surface area (Å²) < 4.78 is 12.2. The van der Waals surface area contributed by atoms with Crippen molar-refractivity contribution in [3.05, 3.63) is 30.1 Å². The molecule has 4 N–H and O–H groups in total. The van der Waals surface area contributed by atoms with Crippen molar-refractivity contribution < 1.29 is 19.1 Å². The number of carboxylic acids is 1. The number of nitrogens with one attached hydrogen (secondary N) is 1. The molecule has 0 saturated carbocycles. The van der Waals surface area contributed by atoms with Crippen LogP contribution in [0.2, 0.25) is 0 Å². The van der Waals surface area contributed by atoms with E-state index in [1.807, 2.05) is 0 Å². The van der Waals surface area contributed by atoms with Crippen LogP contribution in [0.5, 0.6) is 0 Å². The fourth-order valence-corrected chi connectivity index (χ4v) is 2.26. The predicted molar refractivity (Wildman–Crippen MR) is 77.2 cm³/mol. The Morgan fingerprint density at radius 1 is 1.50 bits per heavy atom. The second kappa shape index (κ2) is 6.71. The fourth-order valence-electron chi connectivity index (χ4n) is 1.40. The number of hydrogen-bond donors (Lipinski definition) is 3. The maximum Gasteiger partial charge on any atom is 0.321 e. The van der Waals surface area contributed by atoms with Gasteiger partial charge in [0.1, 0.15) is 11.9 Å².